The molecule has 6 nitrogen and oxygen atoms in total. The fourth-order valence-corrected chi connectivity index (χ4v) is 3.53. The summed E-state index contributed by atoms with van der Waals surface area (Å²) in [4.78, 5) is 3.83. The first kappa shape index (κ1) is 22.0. The highest BCUT2D eigenvalue weighted by Gasteiger charge is 2.58. The molecule has 11 heteroatoms. The van der Waals surface area contributed by atoms with Crippen molar-refractivity contribution in [3.63, 3.8) is 0 Å². The Labute approximate surface area is 185 Å². The number of aromatic nitrogens is 1. The van der Waals surface area contributed by atoms with Crippen LogP contribution < -0.4 is 11.0 Å². The van der Waals surface area contributed by atoms with Gasteiger partial charge >= 0.3 is 5.92 Å². The van der Waals surface area contributed by atoms with Gasteiger partial charge in [0.15, 0.2) is 5.60 Å². The van der Waals surface area contributed by atoms with Crippen molar-refractivity contribution < 1.29 is 22.7 Å². The normalized spacial score (nSPS) is 15.8. The second kappa shape index (κ2) is 8.38. The van der Waals surface area contributed by atoms with Crippen molar-refractivity contribution >= 4 is 17.9 Å². The van der Waals surface area contributed by atoms with Crippen LogP contribution in [0.15, 0.2) is 65.9 Å². The molecular formula is C21H16ClF4N5O. The number of hydrazone groups is 1. The van der Waals surface area contributed by atoms with Crippen molar-refractivity contribution in [2.75, 3.05) is 6.54 Å². The molecule has 0 radical (unpaired) electrons. The van der Waals surface area contributed by atoms with Crippen LogP contribution in [0.3, 0.4) is 0 Å². The molecule has 2 heterocycles. The van der Waals surface area contributed by atoms with Gasteiger partial charge in [0.1, 0.15) is 23.7 Å². The Bertz CT molecular complexity index is 1150. The molecular weight excluding hydrogens is 450 g/mol. The van der Waals surface area contributed by atoms with Gasteiger partial charge in [-0.1, -0.05) is 35.9 Å². The van der Waals surface area contributed by atoms with E-state index in [1.54, 1.807) is 24.3 Å². The maximum Gasteiger partial charge on any atom is 0.323 e. The largest absolute Gasteiger partial charge is 0.377 e. The summed E-state index contributed by atoms with van der Waals surface area (Å²) in [6, 6.07) is 11.2. The van der Waals surface area contributed by atoms with Crippen LogP contribution in [0.2, 0.25) is 5.02 Å². The Kier molecular flexibility index (Phi) is 5.76. The number of pyridine rings is 1. The molecule has 0 spiro atoms. The minimum atomic E-state index is -4.09. The van der Waals surface area contributed by atoms with Gasteiger partial charge in [-0.25, -0.2) is 14.3 Å². The summed E-state index contributed by atoms with van der Waals surface area (Å²) in [5.74, 6) is -6.39. The van der Waals surface area contributed by atoms with Crippen molar-refractivity contribution in [1.82, 2.24) is 21.1 Å². The average molecular weight is 466 g/mol. The summed E-state index contributed by atoms with van der Waals surface area (Å²) < 4.78 is 59.4. The Morgan fingerprint density at radius 3 is 2.47 bits per heavy atom. The number of β-amino-alcohol motifs (C(OH)–C–C–N with tert-alkyl or cyclic N) is 1. The SMILES string of the molecule is OC(CN1NC=NN1)(c1ccc(F)cc1F)C(F)(F)c1ccc(-c2cccc(Cl)c2)cn1. The van der Waals surface area contributed by atoms with E-state index in [-0.39, 0.29) is 0 Å². The quantitative estimate of drug-likeness (QED) is 0.481. The molecule has 1 aliphatic heterocycles. The number of nitrogens with one attached hydrogen (secondary N) is 2. The van der Waals surface area contributed by atoms with Gasteiger partial charge in [0, 0.05) is 28.4 Å². The Morgan fingerprint density at radius 1 is 1.03 bits per heavy atom. The molecule has 0 saturated carbocycles. The van der Waals surface area contributed by atoms with Gasteiger partial charge in [-0.2, -0.15) is 13.9 Å². The fraction of sp³-hybridized carbons (Fsp3) is 0.143. The lowest BCUT2D eigenvalue weighted by Gasteiger charge is -2.38. The number of nitrogens with zero attached hydrogens (tertiary/aromatic N) is 3. The smallest absolute Gasteiger partial charge is 0.323 e. The third-order valence-corrected chi connectivity index (χ3v) is 5.22. The molecule has 32 heavy (non-hydrogen) atoms. The number of hydrazine groups is 2. The van der Waals surface area contributed by atoms with Crippen molar-refractivity contribution in [3.8, 4) is 11.1 Å². The minimum absolute atomic E-state index is 0.424. The molecule has 0 fully saturated rings. The summed E-state index contributed by atoms with van der Waals surface area (Å²) in [5.41, 5.74) is 1.22. The summed E-state index contributed by atoms with van der Waals surface area (Å²) >= 11 is 5.97. The fourth-order valence-electron chi connectivity index (χ4n) is 3.34. The van der Waals surface area contributed by atoms with Crippen LogP contribution in [-0.4, -0.2) is 28.1 Å². The number of hydrogen-bond donors (Lipinski definition) is 3. The topological polar surface area (TPSA) is 72.8 Å². The predicted octanol–water partition coefficient (Wildman–Crippen LogP) is 3.93. The molecule has 3 N–H and O–H groups in total. The Balaban J connectivity index is 1.75. The number of hydrogen-bond acceptors (Lipinski definition) is 6. The maximum atomic E-state index is 15.7. The van der Waals surface area contributed by atoms with Crippen LogP contribution in [-0.2, 0) is 11.5 Å². The molecule has 3 aromatic rings. The molecule has 2 aromatic carbocycles. The lowest BCUT2D eigenvalue weighted by molar-refractivity contribution is -0.212. The van der Waals surface area contributed by atoms with Gasteiger partial charge in [-0.05, 0) is 29.8 Å². The lowest BCUT2D eigenvalue weighted by Crippen LogP contribution is -2.56. The van der Waals surface area contributed by atoms with E-state index in [1.807, 2.05) is 0 Å². The highest BCUT2D eigenvalue weighted by Crippen LogP contribution is 2.46. The van der Waals surface area contributed by atoms with E-state index >= 15 is 8.78 Å². The first-order valence-corrected chi connectivity index (χ1v) is 9.67. The zero-order valence-corrected chi connectivity index (χ0v) is 17.0. The van der Waals surface area contributed by atoms with Crippen molar-refractivity contribution in [2.24, 2.45) is 5.10 Å². The third kappa shape index (κ3) is 3.99. The zero-order chi connectivity index (χ0) is 22.9. The van der Waals surface area contributed by atoms with Crippen LogP contribution >= 0.6 is 11.6 Å². The summed E-state index contributed by atoms with van der Waals surface area (Å²) in [5, 5.41) is 16.2. The van der Waals surface area contributed by atoms with E-state index in [4.69, 9.17) is 11.6 Å². The summed E-state index contributed by atoms with van der Waals surface area (Å²) in [6.45, 7) is -0.861. The Hall–Kier alpha value is -3.21. The molecule has 1 unspecified atom stereocenters. The van der Waals surface area contributed by atoms with Gasteiger partial charge in [-0.15, -0.1) is 5.12 Å². The lowest BCUT2D eigenvalue weighted by atomic mass is 9.84. The minimum Gasteiger partial charge on any atom is -0.377 e. The van der Waals surface area contributed by atoms with Crippen LogP contribution in [0.1, 0.15) is 11.3 Å². The Morgan fingerprint density at radius 2 is 1.84 bits per heavy atom. The van der Waals surface area contributed by atoms with Gasteiger partial charge in [-0.3, -0.25) is 10.4 Å². The van der Waals surface area contributed by atoms with Crippen molar-refractivity contribution in [1.29, 1.82) is 0 Å². The number of halogens is 5. The van der Waals surface area contributed by atoms with E-state index in [1.165, 1.54) is 12.3 Å². The van der Waals surface area contributed by atoms with Crippen LogP contribution in [0.5, 0.6) is 0 Å². The van der Waals surface area contributed by atoms with Crippen LogP contribution in [0.25, 0.3) is 11.1 Å². The predicted molar refractivity (Wildman–Crippen MR) is 110 cm³/mol. The van der Waals surface area contributed by atoms with Gasteiger partial charge < -0.3 is 5.11 Å². The molecule has 4 rings (SSSR count). The molecule has 1 atom stereocenters. The van der Waals surface area contributed by atoms with E-state index in [0.717, 1.165) is 29.7 Å². The number of benzene rings is 2. The standard InChI is InChI=1S/C21H16ClF4N5O/c22-15-3-1-2-13(8-15)14-4-7-19(27-10-14)21(25,26)20(32,11-31-29-12-28-30-31)17-6-5-16(23)9-18(17)24/h1-10,12,30,32H,11H2,(H,28,29). The van der Waals surface area contributed by atoms with E-state index < -0.39 is 41.0 Å². The van der Waals surface area contributed by atoms with E-state index in [0.29, 0.717) is 22.2 Å². The molecule has 0 aliphatic carbocycles. The van der Waals surface area contributed by atoms with Gasteiger partial charge in [0.2, 0.25) is 0 Å². The van der Waals surface area contributed by atoms with Gasteiger partial charge in [0.05, 0.1) is 6.54 Å². The summed E-state index contributed by atoms with van der Waals surface area (Å²) in [7, 11) is 0. The molecule has 1 aliphatic rings. The van der Waals surface area contributed by atoms with Crippen molar-refractivity contribution in [2.45, 2.75) is 11.5 Å². The molecule has 166 valence electrons. The van der Waals surface area contributed by atoms with E-state index in [9.17, 15) is 13.9 Å². The van der Waals surface area contributed by atoms with Crippen molar-refractivity contribution in [3.05, 3.63) is 88.7 Å². The maximum absolute atomic E-state index is 15.7. The average Bonchev–Trinajstić information content (AvgIpc) is 3.26. The zero-order valence-electron chi connectivity index (χ0n) is 16.2. The van der Waals surface area contributed by atoms with Crippen LogP contribution in [0, 0.1) is 11.6 Å². The van der Waals surface area contributed by atoms with Gasteiger partial charge in [0.25, 0.3) is 0 Å². The molecule has 1 aromatic heterocycles. The molecule has 0 amide bonds. The second-order valence-electron chi connectivity index (χ2n) is 7.07. The number of aliphatic hydroxyl groups is 1. The highest BCUT2D eigenvalue weighted by atomic mass is 35.5. The second-order valence-corrected chi connectivity index (χ2v) is 7.51. The third-order valence-electron chi connectivity index (χ3n) is 4.98. The summed E-state index contributed by atoms with van der Waals surface area (Å²) in [6.07, 6.45) is 2.35. The van der Waals surface area contributed by atoms with E-state index in [2.05, 4.69) is 21.0 Å². The molecule has 0 saturated heterocycles. The monoisotopic (exact) mass is 465 g/mol. The highest BCUT2D eigenvalue weighted by molar-refractivity contribution is 6.30. The first-order chi connectivity index (χ1) is 15.2. The van der Waals surface area contributed by atoms with Crippen LogP contribution in [0.4, 0.5) is 17.6 Å². The first-order valence-electron chi connectivity index (χ1n) is 9.30. The number of alkyl halides is 2. The molecule has 0 bridgehead atoms. The number of rotatable bonds is 6.